The second kappa shape index (κ2) is 5.82. The average Bonchev–Trinajstić information content (AvgIpc) is 2.88. The summed E-state index contributed by atoms with van der Waals surface area (Å²) < 4.78 is 10.9. The third-order valence-electron chi connectivity index (χ3n) is 2.54. The number of carbonyl (C=O) groups is 1. The maximum absolute atomic E-state index is 11.9. The summed E-state index contributed by atoms with van der Waals surface area (Å²) in [5.74, 6) is 1.34. The van der Waals surface area contributed by atoms with Gasteiger partial charge in [0, 0.05) is 5.56 Å². The Morgan fingerprint density at radius 3 is 2.45 bits per heavy atom. The lowest BCUT2D eigenvalue weighted by Gasteiger charge is -2.21. The van der Waals surface area contributed by atoms with E-state index in [1.807, 2.05) is 26.8 Å². The van der Waals surface area contributed by atoms with E-state index in [1.54, 1.807) is 36.6 Å². The number of furan rings is 1. The highest BCUT2D eigenvalue weighted by molar-refractivity contribution is 5.94. The van der Waals surface area contributed by atoms with Crippen LogP contribution in [0.4, 0.5) is 0 Å². The summed E-state index contributed by atoms with van der Waals surface area (Å²) in [6, 6.07) is 10.7. The highest BCUT2D eigenvalue weighted by atomic mass is 16.5. The Kier molecular flexibility index (Phi) is 4.13. The van der Waals surface area contributed by atoms with Crippen molar-refractivity contribution in [1.82, 2.24) is 5.32 Å². The normalized spacial score (nSPS) is 11.2. The molecule has 0 atom stereocenters. The first kappa shape index (κ1) is 14.2. The van der Waals surface area contributed by atoms with Gasteiger partial charge in [0.15, 0.2) is 0 Å². The van der Waals surface area contributed by atoms with Crippen LogP contribution >= 0.6 is 0 Å². The number of benzene rings is 1. The first-order valence-electron chi connectivity index (χ1n) is 6.54. The van der Waals surface area contributed by atoms with Crippen molar-refractivity contribution in [3.63, 3.8) is 0 Å². The van der Waals surface area contributed by atoms with Crippen LogP contribution in [0.3, 0.4) is 0 Å². The molecule has 0 unspecified atom stereocenters. The first-order chi connectivity index (χ1) is 9.44. The number of amides is 1. The van der Waals surface area contributed by atoms with E-state index in [9.17, 15) is 4.79 Å². The first-order valence-corrected chi connectivity index (χ1v) is 6.54. The van der Waals surface area contributed by atoms with E-state index in [1.165, 1.54) is 0 Å². The van der Waals surface area contributed by atoms with Crippen molar-refractivity contribution in [2.75, 3.05) is 0 Å². The van der Waals surface area contributed by atoms with Crippen LogP contribution in [0.15, 0.2) is 47.1 Å². The third kappa shape index (κ3) is 4.16. The van der Waals surface area contributed by atoms with Gasteiger partial charge in [0.1, 0.15) is 17.1 Å². The fourth-order valence-electron chi connectivity index (χ4n) is 1.71. The molecule has 20 heavy (non-hydrogen) atoms. The molecule has 0 saturated heterocycles. The fraction of sp³-hybridized carbons (Fsp3) is 0.312. The zero-order valence-corrected chi connectivity index (χ0v) is 12.0. The van der Waals surface area contributed by atoms with E-state index >= 15 is 0 Å². The van der Waals surface area contributed by atoms with Crippen LogP contribution in [0.2, 0.25) is 0 Å². The van der Waals surface area contributed by atoms with E-state index in [-0.39, 0.29) is 11.5 Å². The van der Waals surface area contributed by atoms with Crippen LogP contribution in [-0.4, -0.2) is 11.5 Å². The van der Waals surface area contributed by atoms with Gasteiger partial charge in [0.25, 0.3) is 5.91 Å². The summed E-state index contributed by atoms with van der Waals surface area (Å²) >= 11 is 0. The minimum absolute atomic E-state index is 0.135. The Morgan fingerprint density at radius 2 is 1.90 bits per heavy atom. The number of hydrogen-bond donors (Lipinski definition) is 1. The van der Waals surface area contributed by atoms with Gasteiger partial charge in [0.2, 0.25) is 0 Å². The third-order valence-corrected chi connectivity index (χ3v) is 2.54. The van der Waals surface area contributed by atoms with Crippen molar-refractivity contribution in [3.05, 3.63) is 54.0 Å². The highest BCUT2D eigenvalue weighted by Crippen LogP contribution is 2.18. The van der Waals surface area contributed by atoms with E-state index in [0.717, 1.165) is 11.5 Å². The topological polar surface area (TPSA) is 51.5 Å². The van der Waals surface area contributed by atoms with Gasteiger partial charge in [0.05, 0.1) is 12.8 Å². The highest BCUT2D eigenvalue weighted by Gasteiger charge is 2.12. The molecule has 1 aromatic carbocycles. The number of carbonyl (C=O) groups excluding carboxylic acids is 1. The Morgan fingerprint density at radius 1 is 1.20 bits per heavy atom. The minimum atomic E-state index is -0.247. The maximum atomic E-state index is 11.9. The van der Waals surface area contributed by atoms with E-state index in [4.69, 9.17) is 9.15 Å². The van der Waals surface area contributed by atoms with Crippen molar-refractivity contribution in [1.29, 1.82) is 0 Å². The predicted octanol–water partition coefficient (Wildman–Crippen LogP) is 3.39. The molecular formula is C16H19NO3. The summed E-state index contributed by atoms with van der Waals surface area (Å²) in [5, 5.41) is 2.80. The quantitative estimate of drug-likeness (QED) is 0.929. The number of rotatable bonds is 4. The number of nitrogens with one attached hydrogen (secondary N) is 1. The van der Waals surface area contributed by atoms with Gasteiger partial charge in [-0.2, -0.15) is 0 Å². The zero-order chi connectivity index (χ0) is 14.6. The van der Waals surface area contributed by atoms with Crippen LogP contribution in [0.25, 0.3) is 0 Å². The monoisotopic (exact) mass is 273 g/mol. The van der Waals surface area contributed by atoms with Gasteiger partial charge in [-0.1, -0.05) is 0 Å². The van der Waals surface area contributed by atoms with Crippen LogP contribution in [0.1, 0.15) is 36.9 Å². The van der Waals surface area contributed by atoms with Gasteiger partial charge >= 0.3 is 0 Å². The van der Waals surface area contributed by atoms with Crippen molar-refractivity contribution in [2.45, 2.75) is 32.9 Å². The number of ether oxygens (including phenoxy) is 1. The second-order valence-electron chi connectivity index (χ2n) is 5.50. The average molecular weight is 273 g/mol. The smallest absolute Gasteiger partial charge is 0.251 e. The molecule has 0 bridgehead atoms. The molecule has 0 aliphatic carbocycles. The summed E-state index contributed by atoms with van der Waals surface area (Å²) in [6.07, 6.45) is 1.58. The molecule has 1 heterocycles. The molecular weight excluding hydrogens is 254 g/mol. The lowest BCUT2D eigenvalue weighted by molar-refractivity contribution is 0.0948. The Hall–Kier alpha value is -2.23. The largest absolute Gasteiger partial charge is 0.488 e. The van der Waals surface area contributed by atoms with Gasteiger partial charge in [-0.25, -0.2) is 0 Å². The van der Waals surface area contributed by atoms with Crippen LogP contribution in [0, 0.1) is 0 Å². The molecule has 1 amide bonds. The van der Waals surface area contributed by atoms with E-state index in [0.29, 0.717) is 12.1 Å². The lowest BCUT2D eigenvalue weighted by atomic mass is 10.1. The molecule has 1 aromatic heterocycles. The Labute approximate surface area is 118 Å². The number of hydrogen-bond acceptors (Lipinski definition) is 3. The molecule has 106 valence electrons. The summed E-state index contributed by atoms with van der Waals surface area (Å²) in [7, 11) is 0. The molecule has 0 aliphatic heterocycles. The Balaban J connectivity index is 1.93. The van der Waals surface area contributed by atoms with Crippen molar-refractivity contribution < 1.29 is 13.9 Å². The fourth-order valence-corrected chi connectivity index (χ4v) is 1.71. The molecule has 4 heteroatoms. The molecule has 0 aliphatic rings. The molecule has 0 radical (unpaired) electrons. The molecule has 2 aromatic rings. The summed E-state index contributed by atoms with van der Waals surface area (Å²) in [6.45, 7) is 6.33. The van der Waals surface area contributed by atoms with Crippen LogP contribution in [0.5, 0.6) is 5.75 Å². The maximum Gasteiger partial charge on any atom is 0.251 e. The Bertz CT molecular complexity index is 550. The summed E-state index contributed by atoms with van der Waals surface area (Å²) in [4.78, 5) is 11.9. The lowest BCUT2D eigenvalue weighted by Crippen LogP contribution is -2.24. The molecule has 4 nitrogen and oxygen atoms in total. The molecule has 0 fully saturated rings. The molecule has 2 rings (SSSR count). The van der Waals surface area contributed by atoms with E-state index in [2.05, 4.69) is 5.32 Å². The minimum Gasteiger partial charge on any atom is -0.488 e. The van der Waals surface area contributed by atoms with Crippen molar-refractivity contribution >= 4 is 5.91 Å². The predicted molar refractivity (Wildman–Crippen MR) is 76.7 cm³/mol. The van der Waals surface area contributed by atoms with Crippen molar-refractivity contribution in [2.24, 2.45) is 0 Å². The van der Waals surface area contributed by atoms with Gasteiger partial charge in [-0.3, -0.25) is 4.79 Å². The van der Waals surface area contributed by atoms with E-state index < -0.39 is 0 Å². The molecule has 1 N–H and O–H groups in total. The summed E-state index contributed by atoms with van der Waals surface area (Å²) in [5.41, 5.74) is 0.348. The standard InChI is InChI=1S/C16H19NO3/c1-16(2,3)20-13-8-6-12(7-9-13)15(18)17-11-14-5-4-10-19-14/h4-10H,11H2,1-3H3,(H,17,18). The van der Waals surface area contributed by atoms with Gasteiger partial charge < -0.3 is 14.5 Å². The molecule has 0 saturated carbocycles. The van der Waals surface area contributed by atoms with Gasteiger partial charge in [-0.15, -0.1) is 0 Å². The zero-order valence-electron chi connectivity index (χ0n) is 12.0. The second-order valence-corrected chi connectivity index (χ2v) is 5.50. The SMILES string of the molecule is CC(C)(C)Oc1ccc(C(=O)NCc2ccco2)cc1. The van der Waals surface area contributed by atoms with Crippen molar-refractivity contribution in [3.8, 4) is 5.75 Å². The van der Waals surface area contributed by atoms with Crippen LogP contribution in [-0.2, 0) is 6.54 Å². The van der Waals surface area contributed by atoms with Crippen LogP contribution < -0.4 is 10.1 Å². The molecule has 0 spiro atoms. The van der Waals surface area contributed by atoms with Gasteiger partial charge in [-0.05, 0) is 57.2 Å².